The Kier molecular flexibility index (Phi) is 9.52. The van der Waals surface area contributed by atoms with E-state index in [1.807, 2.05) is 60.7 Å². The van der Waals surface area contributed by atoms with Crippen molar-refractivity contribution in [3.63, 3.8) is 0 Å². The van der Waals surface area contributed by atoms with Gasteiger partial charge in [-0.15, -0.1) is 0 Å². The smallest absolute Gasteiger partial charge is 0.338 e. The highest BCUT2D eigenvalue weighted by Crippen LogP contribution is 2.59. The minimum Gasteiger partial charge on any atom is -0.457 e. The molecule has 3 amide bonds. The number of benzene rings is 4. The molecule has 5 aromatic rings. The Morgan fingerprint density at radius 3 is 2.15 bits per heavy atom. The van der Waals surface area contributed by atoms with Gasteiger partial charge in [0.15, 0.2) is 0 Å². The van der Waals surface area contributed by atoms with Crippen molar-refractivity contribution in [2.45, 2.75) is 51.0 Å². The molecule has 0 saturated heterocycles. The lowest BCUT2D eigenvalue weighted by atomic mass is 9.49. The topological polar surface area (TPSA) is 142 Å². The molecule has 0 aliphatic heterocycles. The molecule has 53 heavy (non-hydrogen) atoms. The highest BCUT2D eigenvalue weighted by atomic mass is 16.5. The first-order chi connectivity index (χ1) is 25.8. The van der Waals surface area contributed by atoms with Crippen molar-refractivity contribution in [2.24, 2.45) is 23.2 Å². The Bertz CT molecular complexity index is 2110. The van der Waals surface area contributed by atoms with Crippen LogP contribution in [0.15, 0.2) is 103 Å². The third-order valence-electron chi connectivity index (χ3n) is 11.4. The Balaban J connectivity index is 0.964. The van der Waals surface area contributed by atoms with E-state index in [1.165, 1.54) is 44.9 Å². The van der Waals surface area contributed by atoms with Crippen molar-refractivity contribution in [1.29, 1.82) is 0 Å². The monoisotopic (exact) mass is 709 g/mol. The van der Waals surface area contributed by atoms with E-state index >= 15 is 0 Å². The number of nitrogens with zero attached hydrogens (tertiary/aromatic N) is 1. The lowest BCUT2D eigenvalue weighted by Crippen LogP contribution is -2.51. The first kappa shape index (κ1) is 34.3. The molecule has 4 bridgehead atoms. The molecule has 1 atom stereocenters. The SMILES string of the molecule is O=C(OCc1ccccc1)c1cccc(NC(=O)C(CNC(=O)c2cc3nc[nH]c3cc2C(=O)NCC23CC4CC(CC(C4)C2)C3)c2ccccc2)c1. The molecule has 4 saturated carbocycles. The second-order valence-electron chi connectivity index (χ2n) is 15.2. The summed E-state index contributed by atoms with van der Waals surface area (Å²) in [6.07, 6.45) is 9.01. The zero-order valence-corrected chi connectivity index (χ0v) is 29.5. The number of amides is 3. The molecule has 10 nitrogen and oxygen atoms in total. The summed E-state index contributed by atoms with van der Waals surface area (Å²) >= 11 is 0. The second kappa shape index (κ2) is 14.7. The van der Waals surface area contributed by atoms with Crippen LogP contribution in [0, 0.1) is 23.2 Å². The number of hydrogen-bond donors (Lipinski definition) is 4. The third-order valence-corrected chi connectivity index (χ3v) is 11.4. The quantitative estimate of drug-likeness (QED) is 0.103. The molecule has 4 aliphatic carbocycles. The summed E-state index contributed by atoms with van der Waals surface area (Å²) < 4.78 is 5.48. The van der Waals surface area contributed by atoms with Crippen LogP contribution >= 0.6 is 0 Å². The molecule has 4 N–H and O–H groups in total. The molecule has 1 unspecified atom stereocenters. The highest BCUT2D eigenvalue weighted by molar-refractivity contribution is 6.10. The Labute approximate surface area is 308 Å². The van der Waals surface area contributed by atoms with E-state index in [0.29, 0.717) is 34.4 Å². The number of carbonyl (C=O) groups excluding carboxylic acids is 4. The zero-order chi connectivity index (χ0) is 36.4. The molecule has 270 valence electrons. The number of rotatable bonds is 12. The lowest BCUT2D eigenvalue weighted by Gasteiger charge is -2.56. The van der Waals surface area contributed by atoms with Gasteiger partial charge in [-0.1, -0.05) is 66.7 Å². The largest absolute Gasteiger partial charge is 0.457 e. The molecule has 10 heteroatoms. The fraction of sp³-hybridized carbons (Fsp3) is 0.326. The van der Waals surface area contributed by atoms with Gasteiger partial charge in [0, 0.05) is 18.8 Å². The maximum absolute atomic E-state index is 13.9. The number of aromatic nitrogens is 2. The van der Waals surface area contributed by atoms with Gasteiger partial charge in [0.2, 0.25) is 5.91 Å². The molecule has 9 rings (SSSR count). The van der Waals surface area contributed by atoms with Gasteiger partial charge < -0.3 is 25.7 Å². The minimum absolute atomic E-state index is 0.0412. The van der Waals surface area contributed by atoms with Gasteiger partial charge >= 0.3 is 5.97 Å². The predicted octanol–water partition coefficient (Wildman–Crippen LogP) is 7.02. The number of ether oxygens (including phenoxy) is 1. The summed E-state index contributed by atoms with van der Waals surface area (Å²) in [5.74, 6) is -0.140. The molecule has 0 spiro atoms. The van der Waals surface area contributed by atoms with E-state index in [9.17, 15) is 19.2 Å². The van der Waals surface area contributed by atoms with E-state index in [-0.39, 0.29) is 41.5 Å². The summed E-state index contributed by atoms with van der Waals surface area (Å²) in [6, 6.07) is 28.5. The van der Waals surface area contributed by atoms with Crippen LogP contribution < -0.4 is 16.0 Å². The number of anilines is 1. The average molecular weight is 710 g/mol. The van der Waals surface area contributed by atoms with E-state index in [0.717, 1.165) is 23.3 Å². The maximum atomic E-state index is 13.9. The number of imidazole rings is 1. The fourth-order valence-corrected chi connectivity index (χ4v) is 9.32. The van der Waals surface area contributed by atoms with Gasteiger partial charge in [-0.25, -0.2) is 9.78 Å². The standard InChI is InChI=1S/C43H43N5O5/c49-39(34-18-37-38(47-26-46-37)19-35(34)40(50)45-25-43-20-28-14-29(21-43)16-30(15-28)22-43)44-23-36(31-10-5-2-6-11-31)41(51)48-33-13-7-12-32(17-33)42(52)53-24-27-8-3-1-4-9-27/h1-13,17-19,26,28-30,36H,14-16,20-25H2,(H,44,49)(H,45,50)(H,46,47)(H,48,51). The van der Waals surface area contributed by atoms with Gasteiger partial charge in [-0.05, 0) is 103 Å². The van der Waals surface area contributed by atoms with Crippen molar-refractivity contribution < 1.29 is 23.9 Å². The summed E-state index contributed by atoms with van der Waals surface area (Å²) in [7, 11) is 0. The van der Waals surface area contributed by atoms with Crippen LogP contribution in [0.5, 0.6) is 0 Å². The van der Waals surface area contributed by atoms with E-state index < -0.39 is 17.8 Å². The molecule has 0 radical (unpaired) electrons. The van der Waals surface area contributed by atoms with Crippen molar-refractivity contribution in [3.8, 4) is 0 Å². The molecule has 4 aliphatic rings. The molecule has 1 heterocycles. The van der Waals surface area contributed by atoms with Crippen LogP contribution in [0.3, 0.4) is 0 Å². The van der Waals surface area contributed by atoms with E-state index in [4.69, 9.17) is 4.74 Å². The van der Waals surface area contributed by atoms with Crippen LogP contribution in [0.25, 0.3) is 11.0 Å². The number of esters is 1. The zero-order valence-electron chi connectivity index (χ0n) is 29.5. The summed E-state index contributed by atoms with van der Waals surface area (Å²) in [4.78, 5) is 61.9. The van der Waals surface area contributed by atoms with Gasteiger partial charge in [-0.2, -0.15) is 0 Å². The van der Waals surface area contributed by atoms with Crippen LogP contribution in [0.4, 0.5) is 5.69 Å². The van der Waals surface area contributed by atoms with Crippen LogP contribution in [-0.4, -0.2) is 46.7 Å². The van der Waals surface area contributed by atoms with Crippen molar-refractivity contribution >= 4 is 40.4 Å². The molecule has 4 fully saturated rings. The number of nitrogens with one attached hydrogen (secondary N) is 4. The summed E-state index contributed by atoms with van der Waals surface area (Å²) in [5.41, 5.74) is 4.10. The van der Waals surface area contributed by atoms with Crippen LogP contribution in [0.1, 0.15) is 86.6 Å². The maximum Gasteiger partial charge on any atom is 0.338 e. The van der Waals surface area contributed by atoms with Gasteiger partial charge in [0.25, 0.3) is 11.8 Å². The molecular formula is C43H43N5O5. The normalized spacial score (nSPS) is 21.8. The van der Waals surface area contributed by atoms with Gasteiger partial charge in [-0.3, -0.25) is 14.4 Å². The number of carbonyl (C=O) groups is 4. The molecule has 1 aromatic heterocycles. The highest BCUT2D eigenvalue weighted by Gasteiger charge is 2.50. The predicted molar refractivity (Wildman–Crippen MR) is 201 cm³/mol. The summed E-state index contributed by atoms with van der Waals surface area (Å²) in [6.45, 7) is 0.699. The van der Waals surface area contributed by atoms with Crippen LogP contribution in [0.2, 0.25) is 0 Å². The van der Waals surface area contributed by atoms with Crippen molar-refractivity contribution in [2.75, 3.05) is 18.4 Å². The van der Waals surface area contributed by atoms with Gasteiger partial charge in [0.1, 0.15) is 6.61 Å². The van der Waals surface area contributed by atoms with E-state index in [1.54, 1.807) is 36.4 Å². The Morgan fingerprint density at radius 1 is 0.774 bits per heavy atom. The van der Waals surface area contributed by atoms with Crippen molar-refractivity contribution in [1.82, 2.24) is 20.6 Å². The minimum atomic E-state index is -0.781. The molecule has 4 aromatic carbocycles. The second-order valence-corrected chi connectivity index (χ2v) is 15.2. The van der Waals surface area contributed by atoms with Crippen molar-refractivity contribution in [3.05, 3.63) is 131 Å². The fourth-order valence-electron chi connectivity index (χ4n) is 9.32. The van der Waals surface area contributed by atoms with Crippen LogP contribution in [-0.2, 0) is 16.1 Å². The third kappa shape index (κ3) is 7.58. The first-order valence-corrected chi connectivity index (χ1v) is 18.5. The average Bonchev–Trinajstić information content (AvgIpc) is 3.64. The summed E-state index contributed by atoms with van der Waals surface area (Å²) in [5, 5.41) is 9.08. The number of fused-ring (bicyclic) bond motifs is 1. The lowest BCUT2D eigenvalue weighted by molar-refractivity contribution is -0.117. The molecular weight excluding hydrogens is 667 g/mol. The number of H-pyrrole nitrogens is 1. The number of aromatic amines is 1. The van der Waals surface area contributed by atoms with E-state index in [2.05, 4.69) is 25.9 Å². The Hall–Kier alpha value is -5.77. The Morgan fingerprint density at radius 2 is 1.43 bits per heavy atom. The first-order valence-electron chi connectivity index (χ1n) is 18.5. The number of hydrogen-bond acceptors (Lipinski definition) is 6. The van der Waals surface area contributed by atoms with Gasteiger partial charge in [0.05, 0.1) is 40.0 Å².